The van der Waals surface area contributed by atoms with Crippen molar-refractivity contribution >= 4 is 11.8 Å². The maximum atomic E-state index is 12.6. The smallest absolute Gasteiger partial charge is 0.228 e. The Morgan fingerprint density at radius 3 is 2.82 bits per heavy atom. The van der Waals surface area contributed by atoms with E-state index in [0.717, 1.165) is 25.2 Å². The van der Waals surface area contributed by atoms with Crippen molar-refractivity contribution in [3.05, 3.63) is 18.0 Å². The van der Waals surface area contributed by atoms with Gasteiger partial charge in [0.25, 0.3) is 0 Å². The summed E-state index contributed by atoms with van der Waals surface area (Å²) in [7, 11) is 1.85. The molecule has 3 aliphatic rings. The Balaban J connectivity index is 1.43. The van der Waals surface area contributed by atoms with Crippen molar-refractivity contribution in [2.45, 2.75) is 44.2 Å². The highest BCUT2D eigenvalue weighted by Crippen LogP contribution is 2.37. The maximum absolute atomic E-state index is 12.6. The number of nitrogens with zero attached hydrogens (tertiary/aromatic N) is 4. The summed E-state index contributed by atoms with van der Waals surface area (Å²) >= 11 is 0. The van der Waals surface area contributed by atoms with E-state index < -0.39 is 0 Å². The molecule has 1 aromatic rings. The van der Waals surface area contributed by atoms with Gasteiger partial charge in [0.1, 0.15) is 0 Å². The third-order valence-electron chi connectivity index (χ3n) is 5.19. The molecule has 1 aliphatic carbocycles. The predicted molar refractivity (Wildman–Crippen MR) is 79.9 cm³/mol. The molecule has 118 valence electrons. The number of likely N-dealkylation sites (tertiary alicyclic amines) is 2. The van der Waals surface area contributed by atoms with Gasteiger partial charge in [-0.05, 0) is 31.2 Å². The first-order chi connectivity index (χ1) is 10.6. The van der Waals surface area contributed by atoms with Crippen molar-refractivity contribution in [1.29, 1.82) is 0 Å². The zero-order chi connectivity index (χ0) is 15.3. The van der Waals surface area contributed by atoms with Crippen LogP contribution in [0.2, 0.25) is 0 Å². The number of amides is 2. The van der Waals surface area contributed by atoms with E-state index in [2.05, 4.69) is 10.00 Å². The Morgan fingerprint density at radius 2 is 2.14 bits per heavy atom. The van der Waals surface area contributed by atoms with E-state index in [-0.39, 0.29) is 23.9 Å². The second kappa shape index (κ2) is 5.11. The molecular formula is C16H22N4O2. The van der Waals surface area contributed by atoms with E-state index in [9.17, 15) is 9.59 Å². The highest BCUT2D eigenvalue weighted by atomic mass is 16.2. The maximum Gasteiger partial charge on any atom is 0.228 e. The standard InChI is InChI=1S/C16H22N4O2/c1-18-6-4-12(17-18)8-15(21)19-7-5-13-14(19)9-16(22)20(13)10-11-2-3-11/h4,6,11,13-14H,2-3,5,7-10H2,1H3/t13-,14+/m0/s1. The number of hydrogen-bond acceptors (Lipinski definition) is 3. The van der Waals surface area contributed by atoms with Crippen LogP contribution in [0, 0.1) is 5.92 Å². The molecular weight excluding hydrogens is 280 g/mol. The van der Waals surface area contributed by atoms with Crippen LogP contribution in [0.1, 0.15) is 31.4 Å². The minimum Gasteiger partial charge on any atom is -0.337 e. The van der Waals surface area contributed by atoms with Gasteiger partial charge in [-0.3, -0.25) is 14.3 Å². The number of fused-ring (bicyclic) bond motifs is 1. The molecule has 2 amide bonds. The average Bonchev–Trinajstić information content (AvgIpc) is 2.94. The summed E-state index contributed by atoms with van der Waals surface area (Å²) in [5, 5.41) is 4.28. The fraction of sp³-hybridized carbons (Fsp3) is 0.688. The third kappa shape index (κ3) is 2.40. The van der Waals surface area contributed by atoms with Gasteiger partial charge in [-0.25, -0.2) is 0 Å². The van der Waals surface area contributed by atoms with Gasteiger partial charge in [-0.1, -0.05) is 0 Å². The number of carbonyl (C=O) groups is 2. The van der Waals surface area contributed by atoms with Crippen LogP contribution in [-0.4, -0.2) is 56.6 Å². The molecule has 2 saturated heterocycles. The lowest BCUT2D eigenvalue weighted by Crippen LogP contribution is -2.41. The summed E-state index contributed by atoms with van der Waals surface area (Å²) in [6.07, 6.45) is 6.13. The molecule has 6 heteroatoms. The molecule has 3 heterocycles. The first-order valence-corrected chi connectivity index (χ1v) is 8.19. The Labute approximate surface area is 130 Å². The van der Waals surface area contributed by atoms with Crippen molar-refractivity contribution in [1.82, 2.24) is 19.6 Å². The van der Waals surface area contributed by atoms with Crippen molar-refractivity contribution in [2.24, 2.45) is 13.0 Å². The van der Waals surface area contributed by atoms with E-state index >= 15 is 0 Å². The number of rotatable bonds is 4. The van der Waals surface area contributed by atoms with Crippen LogP contribution in [0.4, 0.5) is 0 Å². The molecule has 2 atom stereocenters. The lowest BCUT2D eigenvalue weighted by Gasteiger charge is -2.25. The van der Waals surface area contributed by atoms with E-state index in [1.807, 2.05) is 24.2 Å². The summed E-state index contributed by atoms with van der Waals surface area (Å²) in [4.78, 5) is 28.8. The van der Waals surface area contributed by atoms with Crippen LogP contribution in [0.25, 0.3) is 0 Å². The minimum absolute atomic E-state index is 0.0856. The first-order valence-electron chi connectivity index (χ1n) is 8.19. The number of hydrogen-bond donors (Lipinski definition) is 0. The topological polar surface area (TPSA) is 58.4 Å². The number of carbonyl (C=O) groups excluding carboxylic acids is 2. The highest BCUT2D eigenvalue weighted by molar-refractivity contribution is 5.84. The van der Waals surface area contributed by atoms with Gasteiger partial charge < -0.3 is 9.80 Å². The first kappa shape index (κ1) is 13.8. The lowest BCUT2D eigenvalue weighted by molar-refractivity contribution is -0.131. The highest BCUT2D eigenvalue weighted by Gasteiger charge is 2.49. The molecule has 6 nitrogen and oxygen atoms in total. The Morgan fingerprint density at radius 1 is 1.32 bits per heavy atom. The van der Waals surface area contributed by atoms with Crippen molar-refractivity contribution in [3.63, 3.8) is 0 Å². The van der Waals surface area contributed by atoms with Gasteiger partial charge in [0.05, 0.1) is 24.2 Å². The molecule has 0 bridgehead atoms. The van der Waals surface area contributed by atoms with Crippen LogP contribution in [0.5, 0.6) is 0 Å². The molecule has 22 heavy (non-hydrogen) atoms. The van der Waals surface area contributed by atoms with E-state index in [1.165, 1.54) is 12.8 Å². The predicted octanol–water partition coefficient (Wildman–Crippen LogP) is 0.574. The molecule has 2 aliphatic heterocycles. The molecule has 0 aromatic carbocycles. The summed E-state index contributed by atoms with van der Waals surface area (Å²) in [6, 6.07) is 2.22. The fourth-order valence-corrected chi connectivity index (χ4v) is 3.87. The van der Waals surface area contributed by atoms with Crippen LogP contribution in [-0.2, 0) is 23.1 Å². The van der Waals surface area contributed by atoms with Crippen LogP contribution >= 0.6 is 0 Å². The van der Waals surface area contributed by atoms with Crippen molar-refractivity contribution in [3.8, 4) is 0 Å². The van der Waals surface area contributed by atoms with Gasteiger partial charge in [0, 0.05) is 32.8 Å². The molecule has 0 N–H and O–H groups in total. The minimum atomic E-state index is 0.0856. The SMILES string of the molecule is Cn1ccc(CC(=O)N2CC[C@H]3[C@H]2CC(=O)N3CC2CC2)n1. The summed E-state index contributed by atoms with van der Waals surface area (Å²) in [6.45, 7) is 1.68. The number of aromatic nitrogens is 2. The second-order valence-electron chi connectivity index (χ2n) is 6.86. The molecule has 3 fully saturated rings. The summed E-state index contributed by atoms with van der Waals surface area (Å²) in [5.41, 5.74) is 0.801. The molecule has 0 unspecified atom stereocenters. The van der Waals surface area contributed by atoms with Crippen LogP contribution in [0.3, 0.4) is 0 Å². The normalized spacial score (nSPS) is 27.6. The zero-order valence-corrected chi connectivity index (χ0v) is 12.9. The Kier molecular flexibility index (Phi) is 3.20. The zero-order valence-electron chi connectivity index (χ0n) is 12.9. The average molecular weight is 302 g/mol. The van der Waals surface area contributed by atoms with Crippen LogP contribution < -0.4 is 0 Å². The van der Waals surface area contributed by atoms with Crippen molar-refractivity contribution < 1.29 is 9.59 Å². The monoisotopic (exact) mass is 302 g/mol. The molecule has 0 spiro atoms. The molecule has 4 rings (SSSR count). The largest absolute Gasteiger partial charge is 0.337 e. The fourth-order valence-electron chi connectivity index (χ4n) is 3.87. The van der Waals surface area contributed by atoms with E-state index in [0.29, 0.717) is 18.8 Å². The Hall–Kier alpha value is -1.85. The van der Waals surface area contributed by atoms with Crippen molar-refractivity contribution in [2.75, 3.05) is 13.1 Å². The van der Waals surface area contributed by atoms with Gasteiger partial charge in [0.15, 0.2) is 0 Å². The third-order valence-corrected chi connectivity index (χ3v) is 5.19. The van der Waals surface area contributed by atoms with Gasteiger partial charge in [-0.15, -0.1) is 0 Å². The number of aryl methyl sites for hydroxylation is 1. The molecule has 1 saturated carbocycles. The van der Waals surface area contributed by atoms with Crippen LogP contribution in [0.15, 0.2) is 12.3 Å². The van der Waals surface area contributed by atoms with Gasteiger partial charge in [0.2, 0.25) is 11.8 Å². The van der Waals surface area contributed by atoms with Gasteiger partial charge >= 0.3 is 0 Å². The quantitative estimate of drug-likeness (QED) is 0.817. The second-order valence-corrected chi connectivity index (χ2v) is 6.86. The summed E-state index contributed by atoms with van der Waals surface area (Å²) in [5.74, 6) is 1.05. The summed E-state index contributed by atoms with van der Waals surface area (Å²) < 4.78 is 1.71. The van der Waals surface area contributed by atoms with E-state index in [4.69, 9.17) is 0 Å². The lowest BCUT2D eigenvalue weighted by atomic mass is 10.1. The molecule has 0 radical (unpaired) electrons. The molecule has 1 aromatic heterocycles. The Bertz CT molecular complexity index is 607. The van der Waals surface area contributed by atoms with Gasteiger partial charge in [-0.2, -0.15) is 5.10 Å². The van der Waals surface area contributed by atoms with E-state index in [1.54, 1.807) is 4.68 Å².